The number of aliphatic hydroxyl groups is 1. The Hall–Kier alpha value is -1.37. The Morgan fingerprint density at radius 3 is 1.22 bits per heavy atom. The largest absolute Gasteiger partial charge is 0.516 e. The predicted octanol–water partition coefficient (Wildman–Crippen LogP) is 5.19. The van der Waals surface area contributed by atoms with Crippen LogP contribution < -0.4 is 0 Å². The number of alkyl halides is 13. The average Bonchev–Trinajstić information content (AvgIpc) is 2.34. The number of allylic oxidation sites excluding steroid dienone is 1. The zero-order valence-corrected chi connectivity index (χ0v) is 10.2. The van der Waals surface area contributed by atoms with Gasteiger partial charge < -0.3 is 5.11 Å². The van der Waals surface area contributed by atoms with Crippen LogP contribution in [-0.4, -0.2) is 40.9 Å². The number of hydrogen-bond donors (Lipinski definition) is 1. The van der Waals surface area contributed by atoms with Gasteiger partial charge in [-0.25, -0.2) is 0 Å². The molecule has 138 valence electrons. The third-order valence-corrected chi connectivity index (χ3v) is 2.48. The third-order valence-electron chi connectivity index (χ3n) is 2.48. The van der Waals surface area contributed by atoms with Crippen LogP contribution in [0.15, 0.2) is 12.3 Å². The molecule has 0 atom stereocenters. The van der Waals surface area contributed by atoms with Crippen LogP contribution in [0.4, 0.5) is 57.1 Å². The molecule has 0 saturated heterocycles. The van der Waals surface area contributed by atoms with Crippen molar-refractivity contribution in [3.63, 3.8) is 0 Å². The van der Waals surface area contributed by atoms with Crippen molar-refractivity contribution in [2.45, 2.75) is 42.2 Å². The van der Waals surface area contributed by atoms with Crippen molar-refractivity contribution in [1.82, 2.24) is 0 Å². The van der Waals surface area contributed by atoms with Crippen molar-refractivity contribution < 1.29 is 62.2 Å². The second-order valence-corrected chi connectivity index (χ2v) is 4.09. The van der Waals surface area contributed by atoms with Crippen LogP contribution >= 0.6 is 0 Å². The highest BCUT2D eigenvalue weighted by atomic mass is 19.4. The molecule has 1 nitrogen and oxygen atoms in total. The fourth-order valence-electron chi connectivity index (χ4n) is 1.13. The number of aliphatic hydroxyl groups excluding tert-OH is 1. The van der Waals surface area contributed by atoms with Crippen LogP contribution in [0.2, 0.25) is 0 Å². The molecular weight excluding hydrogens is 371 g/mol. The number of hydrogen-bond acceptors (Lipinski definition) is 1. The van der Waals surface area contributed by atoms with Crippen molar-refractivity contribution in [1.29, 1.82) is 0 Å². The van der Waals surface area contributed by atoms with Crippen LogP contribution in [0.5, 0.6) is 0 Å². The molecule has 0 aliphatic carbocycles. The summed E-state index contributed by atoms with van der Waals surface area (Å²) in [5.41, 5.74) is 0. The van der Waals surface area contributed by atoms with Gasteiger partial charge in [0.15, 0.2) is 0 Å². The van der Waals surface area contributed by atoms with Crippen molar-refractivity contribution in [3.05, 3.63) is 12.3 Å². The molecule has 0 spiro atoms. The van der Waals surface area contributed by atoms with E-state index >= 15 is 0 Å². The zero-order chi connectivity index (χ0) is 19.1. The molecule has 0 saturated carbocycles. The molecule has 0 aromatic rings. The molecule has 0 radical (unpaired) electrons. The third kappa shape index (κ3) is 3.03. The van der Waals surface area contributed by atoms with Gasteiger partial charge in [0, 0.05) is 6.42 Å². The summed E-state index contributed by atoms with van der Waals surface area (Å²) in [5.74, 6) is -36.9. The summed E-state index contributed by atoms with van der Waals surface area (Å²) in [6.07, 6.45) is -10.7. The molecule has 0 amide bonds. The maximum Gasteiger partial charge on any atom is 0.460 e. The van der Waals surface area contributed by atoms with E-state index in [9.17, 15) is 57.1 Å². The van der Waals surface area contributed by atoms with Crippen molar-refractivity contribution in [3.8, 4) is 0 Å². The van der Waals surface area contributed by atoms with E-state index in [2.05, 4.69) is 0 Å². The number of halogens is 13. The maximum absolute atomic E-state index is 12.9. The molecule has 0 heterocycles. The molecule has 14 heteroatoms. The second-order valence-electron chi connectivity index (χ2n) is 4.09. The lowest BCUT2D eigenvalue weighted by Gasteiger charge is -2.39. The first-order chi connectivity index (χ1) is 9.81. The second kappa shape index (κ2) is 5.61. The van der Waals surface area contributed by atoms with Crippen LogP contribution in [-0.2, 0) is 0 Å². The standard InChI is InChI=1S/C9H5F13O/c10-4(11,2-1-3-23)5(12,13)6(14,15)7(16,17)8(18,19)9(20,21)22/h1,3,23H,2H2. The van der Waals surface area contributed by atoms with Gasteiger partial charge in [0.2, 0.25) is 0 Å². The van der Waals surface area contributed by atoms with Crippen molar-refractivity contribution in [2.24, 2.45) is 0 Å². The van der Waals surface area contributed by atoms with E-state index in [1.807, 2.05) is 0 Å². The molecule has 0 bridgehead atoms. The van der Waals surface area contributed by atoms with Gasteiger partial charge in [0.1, 0.15) is 0 Å². The molecular formula is C9H5F13O. The van der Waals surface area contributed by atoms with Gasteiger partial charge in [-0.1, -0.05) is 0 Å². The summed E-state index contributed by atoms with van der Waals surface area (Å²) < 4.78 is 163. The van der Waals surface area contributed by atoms with E-state index in [-0.39, 0.29) is 12.3 Å². The lowest BCUT2D eigenvalue weighted by molar-refractivity contribution is -0.439. The Morgan fingerprint density at radius 1 is 0.565 bits per heavy atom. The highest BCUT2D eigenvalue weighted by molar-refractivity contribution is 5.11. The Balaban J connectivity index is 6.13. The first-order valence-corrected chi connectivity index (χ1v) is 5.06. The first-order valence-electron chi connectivity index (χ1n) is 5.06. The predicted molar refractivity (Wildman–Crippen MR) is 47.2 cm³/mol. The first kappa shape index (κ1) is 21.6. The topological polar surface area (TPSA) is 20.2 Å². The van der Waals surface area contributed by atoms with E-state index in [0.29, 0.717) is 0 Å². The van der Waals surface area contributed by atoms with Gasteiger partial charge in [0.05, 0.1) is 6.26 Å². The summed E-state index contributed by atoms with van der Waals surface area (Å²) >= 11 is 0. The minimum atomic E-state index is -7.89. The lowest BCUT2D eigenvalue weighted by atomic mass is 9.92. The Morgan fingerprint density at radius 2 is 0.913 bits per heavy atom. The smallest absolute Gasteiger partial charge is 0.460 e. The van der Waals surface area contributed by atoms with Gasteiger partial charge >= 0.3 is 35.8 Å². The van der Waals surface area contributed by atoms with Crippen LogP contribution in [0, 0.1) is 0 Å². The molecule has 0 rings (SSSR count). The van der Waals surface area contributed by atoms with Crippen LogP contribution in [0.1, 0.15) is 6.42 Å². The fraction of sp³-hybridized carbons (Fsp3) is 0.778. The van der Waals surface area contributed by atoms with Gasteiger partial charge in [-0.05, 0) is 6.08 Å². The molecule has 0 unspecified atom stereocenters. The molecule has 0 aromatic heterocycles. The Bertz CT molecular complexity index is 447. The number of rotatable bonds is 6. The average molecular weight is 376 g/mol. The maximum atomic E-state index is 12.9. The summed E-state index contributed by atoms with van der Waals surface area (Å²) in [4.78, 5) is 0. The molecule has 0 aliphatic heterocycles. The highest BCUT2D eigenvalue weighted by Crippen LogP contribution is 2.60. The van der Waals surface area contributed by atoms with Gasteiger partial charge in [-0.3, -0.25) is 0 Å². The van der Waals surface area contributed by atoms with Crippen molar-refractivity contribution >= 4 is 0 Å². The summed E-state index contributed by atoms with van der Waals surface area (Å²) in [7, 11) is 0. The summed E-state index contributed by atoms with van der Waals surface area (Å²) in [6, 6.07) is 0. The quantitative estimate of drug-likeness (QED) is 0.500. The molecule has 0 aliphatic rings. The van der Waals surface area contributed by atoms with Gasteiger partial charge in [0.25, 0.3) is 0 Å². The zero-order valence-electron chi connectivity index (χ0n) is 10.2. The SMILES string of the molecule is OC=CCC(F)(F)C(F)(F)C(F)(F)C(F)(F)C(F)(F)C(F)(F)F. The van der Waals surface area contributed by atoms with E-state index in [1.165, 1.54) is 0 Å². The van der Waals surface area contributed by atoms with Crippen molar-refractivity contribution in [2.75, 3.05) is 0 Å². The fourth-order valence-corrected chi connectivity index (χ4v) is 1.13. The Kier molecular flexibility index (Phi) is 5.28. The van der Waals surface area contributed by atoms with E-state index in [0.717, 1.165) is 0 Å². The van der Waals surface area contributed by atoms with Gasteiger partial charge in [-0.15, -0.1) is 0 Å². The minimum Gasteiger partial charge on any atom is -0.516 e. The summed E-state index contributed by atoms with van der Waals surface area (Å²) in [5, 5.41) is 7.93. The molecule has 1 N–H and O–H groups in total. The van der Waals surface area contributed by atoms with E-state index < -0.39 is 42.2 Å². The Labute approximate surface area is 118 Å². The van der Waals surface area contributed by atoms with E-state index in [1.54, 1.807) is 0 Å². The summed E-state index contributed by atoms with van der Waals surface area (Å²) in [6.45, 7) is 0. The highest BCUT2D eigenvalue weighted by Gasteiger charge is 2.90. The minimum absolute atomic E-state index is 0.329. The van der Waals surface area contributed by atoms with Crippen LogP contribution in [0.3, 0.4) is 0 Å². The monoisotopic (exact) mass is 376 g/mol. The molecule has 0 fully saturated rings. The van der Waals surface area contributed by atoms with Crippen LogP contribution in [0.25, 0.3) is 0 Å². The normalized spacial score (nSPS) is 16.2. The lowest BCUT2D eigenvalue weighted by Crippen LogP contribution is -2.70. The molecule has 0 aromatic carbocycles. The van der Waals surface area contributed by atoms with E-state index in [4.69, 9.17) is 5.11 Å². The van der Waals surface area contributed by atoms with Gasteiger partial charge in [-0.2, -0.15) is 57.1 Å². The molecule has 23 heavy (non-hydrogen) atoms.